The molecule has 0 aromatic carbocycles. The van der Waals surface area contributed by atoms with Gasteiger partial charge in [-0.15, -0.1) is 0 Å². The molecule has 0 radical (unpaired) electrons. The van der Waals surface area contributed by atoms with Crippen LogP contribution >= 0.6 is 0 Å². The molecule has 0 aliphatic carbocycles. The molecule has 1 atom stereocenters. The van der Waals surface area contributed by atoms with Crippen molar-refractivity contribution in [2.75, 3.05) is 6.54 Å². The largest absolute Gasteiger partial charge is 0.327 e. The first-order valence-corrected chi connectivity index (χ1v) is 4.32. The lowest BCUT2D eigenvalue weighted by atomic mass is 9.98. The van der Waals surface area contributed by atoms with Crippen molar-refractivity contribution in [1.29, 1.82) is 5.26 Å². The Kier molecular flexibility index (Phi) is 2.69. The lowest BCUT2D eigenvalue weighted by molar-refractivity contribution is 0.371. The van der Waals surface area contributed by atoms with Crippen molar-refractivity contribution < 1.29 is 0 Å². The molecule has 1 aromatic rings. The average molecular weight is 178 g/mol. The standard InChI is InChI=1S/C9H14N4/c1-3-9(6-10,7-11)13-5-4-12-8(13)2/h4-5H,3,6,10H2,1-2H3. The quantitative estimate of drug-likeness (QED) is 0.743. The van der Waals surface area contributed by atoms with Crippen molar-refractivity contribution in [3.63, 3.8) is 0 Å². The first-order valence-electron chi connectivity index (χ1n) is 4.32. The monoisotopic (exact) mass is 178 g/mol. The van der Waals surface area contributed by atoms with Crippen LogP contribution in [0.15, 0.2) is 12.4 Å². The van der Waals surface area contributed by atoms with Crippen molar-refractivity contribution in [3.8, 4) is 6.07 Å². The summed E-state index contributed by atoms with van der Waals surface area (Å²) in [5, 5.41) is 9.09. The third-order valence-electron chi connectivity index (χ3n) is 2.42. The van der Waals surface area contributed by atoms with Crippen LogP contribution in [0, 0.1) is 18.3 Å². The van der Waals surface area contributed by atoms with Crippen LogP contribution in [-0.4, -0.2) is 16.1 Å². The smallest absolute Gasteiger partial charge is 0.144 e. The molecule has 0 saturated heterocycles. The maximum atomic E-state index is 9.09. The van der Waals surface area contributed by atoms with E-state index in [0.29, 0.717) is 13.0 Å². The molecule has 1 unspecified atom stereocenters. The average Bonchev–Trinajstić information content (AvgIpc) is 2.57. The highest BCUT2D eigenvalue weighted by molar-refractivity contribution is 5.10. The number of nitriles is 1. The molecule has 1 aromatic heterocycles. The normalized spacial score (nSPS) is 14.9. The van der Waals surface area contributed by atoms with Gasteiger partial charge >= 0.3 is 0 Å². The van der Waals surface area contributed by atoms with E-state index in [1.807, 2.05) is 18.4 Å². The fraction of sp³-hybridized carbons (Fsp3) is 0.556. The Balaban J connectivity index is 3.17. The van der Waals surface area contributed by atoms with Gasteiger partial charge in [-0.3, -0.25) is 0 Å². The third kappa shape index (κ3) is 1.43. The van der Waals surface area contributed by atoms with Gasteiger partial charge in [-0.25, -0.2) is 4.98 Å². The summed E-state index contributed by atoms with van der Waals surface area (Å²) in [6.07, 6.45) is 4.18. The van der Waals surface area contributed by atoms with Gasteiger partial charge in [0, 0.05) is 18.9 Å². The first kappa shape index (κ1) is 9.75. The summed E-state index contributed by atoms with van der Waals surface area (Å²) in [5.41, 5.74) is 4.99. The highest BCUT2D eigenvalue weighted by atomic mass is 15.1. The van der Waals surface area contributed by atoms with Gasteiger partial charge in [0.15, 0.2) is 0 Å². The summed E-state index contributed by atoms with van der Waals surface area (Å²) in [4.78, 5) is 4.08. The molecule has 0 amide bonds. The second kappa shape index (κ2) is 3.58. The van der Waals surface area contributed by atoms with Crippen LogP contribution in [0.4, 0.5) is 0 Å². The maximum absolute atomic E-state index is 9.09. The van der Waals surface area contributed by atoms with Gasteiger partial charge in [0.05, 0.1) is 6.07 Å². The van der Waals surface area contributed by atoms with Crippen molar-refractivity contribution in [2.45, 2.75) is 25.8 Å². The van der Waals surface area contributed by atoms with Gasteiger partial charge in [-0.2, -0.15) is 5.26 Å². The van der Waals surface area contributed by atoms with Crippen molar-refractivity contribution >= 4 is 0 Å². The van der Waals surface area contributed by atoms with E-state index in [1.54, 1.807) is 12.4 Å². The Hall–Kier alpha value is -1.34. The predicted molar refractivity (Wildman–Crippen MR) is 49.9 cm³/mol. The minimum atomic E-state index is -0.624. The fourth-order valence-corrected chi connectivity index (χ4v) is 1.42. The lowest BCUT2D eigenvalue weighted by Gasteiger charge is -2.26. The minimum Gasteiger partial charge on any atom is -0.327 e. The number of nitrogens with two attached hydrogens (primary N) is 1. The van der Waals surface area contributed by atoms with E-state index in [9.17, 15) is 0 Å². The van der Waals surface area contributed by atoms with E-state index in [0.717, 1.165) is 5.82 Å². The van der Waals surface area contributed by atoms with Gasteiger partial charge in [0.25, 0.3) is 0 Å². The molecule has 2 N–H and O–H groups in total. The molecule has 1 heterocycles. The van der Waals surface area contributed by atoms with Crippen LogP contribution in [0.1, 0.15) is 19.2 Å². The van der Waals surface area contributed by atoms with Crippen LogP contribution in [0.3, 0.4) is 0 Å². The zero-order valence-electron chi connectivity index (χ0n) is 7.99. The fourth-order valence-electron chi connectivity index (χ4n) is 1.42. The summed E-state index contributed by atoms with van der Waals surface area (Å²) >= 11 is 0. The number of aromatic nitrogens is 2. The zero-order valence-corrected chi connectivity index (χ0v) is 7.99. The second-order valence-electron chi connectivity index (χ2n) is 3.05. The van der Waals surface area contributed by atoms with Crippen LogP contribution in [0.2, 0.25) is 0 Å². The lowest BCUT2D eigenvalue weighted by Crippen LogP contribution is -2.39. The molecule has 0 aliphatic heterocycles. The van der Waals surface area contributed by atoms with Crippen LogP contribution in [0.5, 0.6) is 0 Å². The number of hydrogen-bond acceptors (Lipinski definition) is 3. The summed E-state index contributed by atoms with van der Waals surface area (Å²) in [7, 11) is 0. The minimum absolute atomic E-state index is 0.317. The molecule has 0 spiro atoms. The second-order valence-corrected chi connectivity index (χ2v) is 3.05. The zero-order chi connectivity index (χ0) is 9.90. The van der Waals surface area contributed by atoms with Gasteiger partial charge in [0.1, 0.15) is 11.4 Å². The molecule has 0 fully saturated rings. The number of rotatable bonds is 3. The Morgan fingerprint density at radius 1 is 1.77 bits per heavy atom. The van der Waals surface area contributed by atoms with E-state index in [1.165, 1.54) is 0 Å². The Labute approximate surface area is 78.0 Å². The van der Waals surface area contributed by atoms with Crippen LogP contribution in [0.25, 0.3) is 0 Å². The highest BCUT2D eigenvalue weighted by Crippen LogP contribution is 2.19. The maximum Gasteiger partial charge on any atom is 0.144 e. The van der Waals surface area contributed by atoms with Crippen molar-refractivity contribution in [2.24, 2.45) is 5.73 Å². The molecule has 0 bridgehead atoms. The molecule has 70 valence electrons. The van der Waals surface area contributed by atoms with Crippen LogP contribution < -0.4 is 5.73 Å². The molecule has 4 heteroatoms. The Morgan fingerprint density at radius 3 is 2.77 bits per heavy atom. The molecular formula is C9H14N4. The summed E-state index contributed by atoms with van der Waals surface area (Å²) < 4.78 is 1.84. The molecule has 1 rings (SSSR count). The van der Waals surface area contributed by atoms with Crippen LogP contribution in [-0.2, 0) is 5.54 Å². The van der Waals surface area contributed by atoms with E-state index in [4.69, 9.17) is 11.0 Å². The number of aryl methyl sites for hydroxylation is 1. The Bertz CT molecular complexity index is 317. The van der Waals surface area contributed by atoms with Crippen molar-refractivity contribution in [3.05, 3.63) is 18.2 Å². The molecular weight excluding hydrogens is 164 g/mol. The summed E-state index contributed by atoms with van der Waals surface area (Å²) in [5.74, 6) is 0.828. The van der Waals surface area contributed by atoms with E-state index in [-0.39, 0.29) is 0 Å². The van der Waals surface area contributed by atoms with E-state index >= 15 is 0 Å². The SMILES string of the molecule is CCC(C#N)(CN)n1ccnc1C. The third-order valence-corrected chi connectivity index (χ3v) is 2.42. The first-order chi connectivity index (χ1) is 6.20. The molecule has 0 aliphatic rings. The number of imidazole rings is 1. The molecule has 4 nitrogen and oxygen atoms in total. The van der Waals surface area contributed by atoms with E-state index in [2.05, 4.69) is 11.1 Å². The van der Waals surface area contributed by atoms with E-state index < -0.39 is 5.54 Å². The highest BCUT2D eigenvalue weighted by Gasteiger charge is 2.29. The van der Waals surface area contributed by atoms with Crippen molar-refractivity contribution in [1.82, 2.24) is 9.55 Å². The molecule has 0 saturated carbocycles. The predicted octanol–water partition coefficient (Wildman–Crippen LogP) is 0.779. The van der Waals surface area contributed by atoms with Gasteiger partial charge < -0.3 is 10.3 Å². The van der Waals surface area contributed by atoms with Gasteiger partial charge in [-0.05, 0) is 13.3 Å². The summed E-state index contributed by atoms with van der Waals surface area (Å²) in [6.45, 7) is 4.14. The number of nitrogens with zero attached hydrogens (tertiary/aromatic N) is 3. The number of hydrogen-bond donors (Lipinski definition) is 1. The van der Waals surface area contributed by atoms with Gasteiger partial charge in [-0.1, -0.05) is 6.92 Å². The molecule has 13 heavy (non-hydrogen) atoms. The van der Waals surface area contributed by atoms with Gasteiger partial charge in [0.2, 0.25) is 0 Å². The summed E-state index contributed by atoms with van der Waals surface area (Å²) in [6, 6.07) is 2.26. The topological polar surface area (TPSA) is 67.6 Å². The Morgan fingerprint density at radius 2 is 2.46 bits per heavy atom.